The maximum absolute atomic E-state index is 14.6. The van der Waals surface area contributed by atoms with Crippen LogP contribution < -0.4 is 0 Å². The standard InChI is InChI=1S/C25H36F4O2/c1-9-13-31-15-16(2)10-11-17(3)19(5)23(27)25(29)21(7)20(6)24(28)22(26)18(4)12-14-30-8/h16-17H,4-7,9-15H2,1-3,8H3/b24-22-,25-23-. The molecule has 0 aromatic heterocycles. The first-order valence-corrected chi connectivity index (χ1v) is 10.4. The number of allylic oxidation sites excluding steroid dienone is 7. The molecule has 0 aliphatic heterocycles. The quantitative estimate of drug-likeness (QED) is 0.136. The second-order valence-electron chi connectivity index (χ2n) is 7.74. The fourth-order valence-corrected chi connectivity index (χ4v) is 2.60. The average molecular weight is 445 g/mol. The number of hydrogen-bond donors (Lipinski definition) is 0. The SMILES string of the molecule is C=C(CCOC)/C(F)=C(/F)C(=C)C(=C)/C(F)=C(/F)C(=C)C(C)CCC(C)COCCC. The van der Waals surface area contributed by atoms with Crippen molar-refractivity contribution in [2.24, 2.45) is 11.8 Å². The van der Waals surface area contributed by atoms with Gasteiger partial charge in [-0.2, -0.15) is 0 Å². The Morgan fingerprint density at radius 1 is 0.806 bits per heavy atom. The van der Waals surface area contributed by atoms with Crippen molar-refractivity contribution in [2.75, 3.05) is 26.9 Å². The van der Waals surface area contributed by atoms with Crippen LogP contribution in [0.2, 0.25) is 0 Å². The van der Waals surface area contributed by atoms with Crippen LogP contribution >= 0.6 is 0 Å². The molecular weight excluding hydrogens is 408 g/mol. The normalized spacial score (nSPS) is 15.0. The van der Waals surface area contributed by atoms with E-state index in [2.05, 4.69) is 26.3 Å². The summed E-state index contributed by atoms with van der Waals surface area (Å²) in [7, 11) is 1.41. The molecule has 6 heteroatoms. The van der Waals surface area contributed by atoms with Crippen molar-refractivity contribution in [1.82, 2.24) is 0 Å². The Morgan fingerprint density at radius 3 is 1.87 bits per heavy atom. The average Bonchev–Trinajstić information content (AvgIpc) is 2.77. The van der Waals surface area contributed by atoms with Crippen molar-refractivity contribution in [3.63, 3.8) is 0 Å². The van der Waals surface area contributed by atoms with E-state index in [0.717, 1.165) is 12.8 Å². The van der Waals surface area contributed by atoms with E-state index >= 15 is 0 Å². The van der Waals surface area contributed by atoms with E-state index in [0.29, 0.717) is 19.6 Å². The van der Waals surface area contributed by atoms with E-state index in [1.165, 1.54) is 7.11 Å². The van der Waals surface area contributed by atoms with Gasteiger partial charge in [0.25, 0.3) is 0 Å². The van der Waals surface area contributed by atoms with E-state index in [-0.39, 0.29) is 36.0 Å². The van der Waals surface area contributed by atoms with E-state index in [1.54, 1.807) is 6.92 Å². The molecule has 0 bridgehead atoms. The zero-order chi connectivity index (χ0) is 24.1. The minimum atomic E-state index is -1.44. The van der Waals surface area contributed by atoms with Crippen LogP contribution in [0.3, 0.4) is 0 Å². The fraction of sp³-hybridized carbons (Fsp3) is 0.520. The Labute approximate surface area is 184 Å². The molecule has 31 heavy (non-hydrogen) atoms. The second-order valence-corrected chi connectivity index (χ2v) is 7.74. The molecule has 0 aliphatic carbocycles. The molecule has 2 atom stereocenters. The first-order valence-electron chi connectivity index (χ1n) is 10.4. The minimum absolute atomic E-state index is 0.0401. The molecule has 0 heterocycles. The van der Waals surface area contributed by atoms with Crippen LogP contribution in [0.5, 0.6) is 0 Å². The van der Waals surface area contributed by atoms with Gasteiger partial charge in [0.1, 0.15) is 0 Å². The van der Waals surface area contributed by atoms with Gasteiger partial charge in [0.15, 0.2) is 23.3 Å². The summed E-state index contributed by atoms with van der Waals surface area (Å²) < 4.78 is 68.0. The molecule has 0 N–H and O–H groups in total. The molecule has 0 amide bonds. The molecular formula is C25H36F4O2. The Kier molecular flexibility index (Phi) is 14.0. The van der Waals surface area contributed by atoms with E-state index < -0.39 is 34.5 Å². The van der Waals surface area contributed by atoms with Crippen molar-refractivity contribution in [3.8, 4) is 0 Å². The number of ether oxygens (including phenoxy) is 2. The van der Waals surface area contributed by atoms with Gasteiger partial charge >= 0.3 is 0 Å². The van der Waals surface area contributed by atoms with Crippen molar-refractivity contribution in [2.45, 2.75) is 46.5 Å². The highest BCUT2D eigenvalue weighted by atomic mass is 19.2. The summed E-state index contributed by atoms with van der Waals surface area (Å²) in [5.41, 5.74) is -1.61. The molecule has 2 unspecified atom stereocenters. The molecule has 0 saturated heterocycles. The van der Waals surface area contributed by atoms with Crippen LogP contribution in [0.15, 0.2) is 71.9 Å². The van der Waals surface area contributed by atoms with Gasteiger partial charge in [-0.05, 0) is 48.7 Å². The zero-order valence-electron chi connectivity index (χ0n) is 19.3. The van der Waals surface area contributed by atoms with Crippen LogP contribution in [-0.4, -0.2) is 26.9 Å². The Morgan fingerprint density at radius 2 is 1.35 bits per heavy atom. The van der Waals surface area contributed by atoms with Crippen molar-refractivity contribution < 1.29 is 27.0 Å². The molecule has 0 radical (unpaired) electrons. The molecule has 0 aromatic rings. The predicted octanol–water partition coefficient (Wildman–Crippen LogP) is 8.03. The van der Waals surface area contributed by atoms with E-state index in [1.807, 2.05) is 13.8 Å². The topological polar surface area (TPSA) is 18.5 Å². The zero-order valence-corrected chi connectivity index (χ0v) is 19.3. The summed E-state index contributed by atoms with van der Waals surface area (Å²) in [5.74, 6) is -5.46. The molecule has 0 aromatic carbocycles. The van der Waals surface area contributed by atoms with Gasteiger partial charge < -0.3 is 9.47 Å². The molecule has 0 fully saturated rings. The van der Waals surface area contributed by atoms with Crippen LogP contribution in [-0.2, 0) is 9.47 Å². The number of hydrogen-bond acceptors (Lipinski definition) is 2. The molecule has 0 aliphatic rings. The highest BCUT2D eigenvalue weighted by Gasteiger charge is 2.23. The Balaban J connectivity index is 5.16. The van der Waals surface area contributed by atoms with Gasteiger partial charge in [-0.15, -0.1) is 0 Å². The molecule has 0 saturated carbocycles. The molecule has 2 nitrogen and oxygen atoms in total. The van der Waals surface area contributed by atoms with Crippen LogP contribution in [0.1, 0.15) is 46.5 Å². The smallest absolute Gasteiger partial charge is 0.166 e. The lowest BCUT2D eigenvalue weighted by atomic mass is 9.91. The van der Waals surface area contributed by atoms with Gasteiger partial charge in [-0.1, -0.05) is 47.1 Å². The van der Waals surface area contributed by atoms with Crippen LogP contribution in [0, 0.1) is 11.8 Å². The monoisotopic (exact) mass is 444 g/mol. The summed E-state index contributed by atoms with van der Waals surface area (Å²) in [6.45, 7) is 20.9. The Hall–Kier alpha value is -1.92. The molecule has 176 valence electrons. The lowest BCUT2D eigenvalue weighted by Crippen LogP contribution is -2.09. The molecule has 0 rings (SSSR count). The van der Waals surface area contributed by atoms with E-state index in [9.17, 15) is 17.6 Å². The fourth-order valence-electron chi connectivity index (χ4n) is 2.60. The maximum Gasteiger partial charge on any atom is 0.166 e. The Bertz CT molecular complexity index is 719. The minimum Gasteiger partial charge on any atom is -0.384 e. The first-order chi connectivity index (χ1) is 14.5. The number of methoxy groups -OCH3 is 1. The van der Waals surface area contributed by atoms with Crippen LogP contribution in [0.4, 0.5) is 17.6 Å². The van der Waals surface area contributed by atoms with Crippen LogP contribution in [0.25, 0.3) is 0 Å². The highest BCUT2D eigenvalue weighted by Crippen LogP contribution is 2.35. The summed E-state index contributed by atoms with van der Waals surface area (Å²) >= 11 is 0. The summed E-state index contributed by atoms with van der Waals surface area (Å²) in [4.78, 5) is 0. The van der Waals surface area contributed by atoms with Crippen molar-refractivity contribution in [1.29, 1.82) is 0 Å². The largest absolute Gasteiger partial charge is 0.384 e. The highest BCUT2D eigenvalue weighted by molar-refractivity contribution is 5.53. The third-order valence-electron chi connectivity index (χ3n) is 4.92. The summed E-state index contributed by atoms with van der Waals surface area (Å²) in [6.07, 6.45) is 2.30. The lowest BCUT2D eigenvalue weighted by Gasteiger charge is -2.18. The number of halogens is 4. The third-order valence-corrected chi connectivity index (χ3v) is 4.92. The lowest BCUT2D eigenvalue weighted by molar-refractivity contribution is 0.101. The van der Waals surface area contributed by atoms with Gasteiger partial charge in [-0.3, -0.25) is 0 Å². The molecule has 0 spiro atoms. The first kappa shape index (κ1) is 29.1. The van der Waals surface area contributed by atoms with E-state index in [4.69, 9.17) is 9.47 Å². The van der Waals surface area contributed by atoms with Crippen molar-refractivity contribution in [3.05, 3.63) is 71.9 Å². The number of rotatable bonds is 16. The van der Waals surface area contributed by atoms with Crippen molar-refractivity contribution >= 4 is 0 Å². The summed E-state index contributed by atoms with van der Waals surface area (Å²) in [6, 6.07) is 0. The second kappa shape index (κ2) is 15.0. The maximum atomic E-state index is 14.6. The predicted molar refractivity (Wildman–Crippen MR) is 120 cm³/mol. The van der Waals surface area contributed by atoms with Gasteiger partial charge in [0, 0.05) is 31.5 Å². The summed E-state index contributed by atoms with van der Waals surface area (Å²) in [5, 5.41) is 0. The third kappa shape index (κ3) is 9.83. The van der Waals surface area contributed by atoms with Gasteiger partial charge in [0.2, 0.25) is 0 Å². The van der Waals surface area contributed by atoms with Gasteiger partial charge in [-0.25, -0.2) is 17.6 Å². The van der Waals surface area contributed by atoms with Gasteiger partial charge in [0.05, 0.1) is 6.61 Å².